The fourth-order valence-corrected chi connectivity index (χ4v) is 16.5. The zero-order chi connectivity index (χ0) is 110. The molecule has 16 rings (SSSR count). The van der Waals surface area contributed by atoms with E-state index in [9.17, 15) is 38.4 Å². The van der Waals surface area contributed by atoms with E-state index < -0.39 is 182 Å². The fraction of sp³-hybridized carbons (Fsp3) is 0.417. The number of halogens is 8. The van der Waals surface area contributed by atoms with E-state index in [1.807, 2.05) is 0 Å². The molecule has 8 saturated carbocycles. The highest BCUT2D eigenvalue weighted by Gasteiger charge is 2.46. The third-order valence-electron chi connectivity index (χ3n) is 21.3. The van der Waals surface area contributed by atoms with Gasteiger partial charge in [0.15, 0.2) is 46.3 Å². The van der Waals surface area contributed by atoms with Crippen molar-refractivity contribution in [3.63, 3.8) is 0 Å². The van der Waals surface area contributed by atoms with Gasteiger partial charge in [-0.1, -0.05) is 290 Å². The monoisotopic (exact) mass is 1810 g/mol. The summed E-state index contributed by atoms with van der Waals surface area (Å²) in [5.74, 6) is -4.76. The molecule has 0 aliphatic heterocycles. The summed E-state index contributed by atoms with van der Waals surface area (Å²) in [6.45, 7) is 0. The predicted molar refractivity (Wildman–Crippen MR) is 486 cm³/mol. The van der Waals surface area contributed by atoms with Crippen molar-refractivity contribution in [3.8, 4) is 0 Å². The molecular weight excluding hydrogens is 1680 g/mol. The molecule has 8 atom stereocenters. The lowest BCUT2D eigenvalue weighted by atomic mass is 9.76. The average Bonchev–Trinajstić information content (AvgIpc) is 0.701. The Morgan fingerprint density at radius 1 is 0.200 bits per heavy atom. The Kier molecular flexibility index (Phi) is 24.2. The lowest BCUT2D eigenvalue weighted by molar-refractivity contribution is -0.127. The van der Waals surface area contributed by atoms with Crippen LogP contribution in [0.1, 0.15) is 285 Å². The minimum absolute atomic E-state index is 0.0113. The summed E-state index contributed by atoms with van der Waals surface area (Å²) in [5.41, 5.74) is 39.6. The van der Waals surface area contributed by atoms with Crippen LogP contribution in [0.3, 0.4) is 0 Å². The Morgan fingerprint density at radius 3 is 0.808 bits per heavy atom. The zero-order valence-corrected chi connectivity index (χ0v) is 71.4. The molecule has 16 N–H and O–H groups in total. The van der Waals surface area contributed by atoms with E-state index in [1.54, 1.807) is 176 Å². The maximum Gasteiger partial charge on any atom is 0.157 e. The normalized spacial score (nSPS) is 35.3. The summed E-state index contributed by atoms with van der Waals surface area (Å²) in [5, 5.41) is 2.57. The number of carbonyl (C=O) groups is 8. The topological polar surface area (TPSA) is 345 Å². The summed E-state index contributed by atoms with van der Waals surface area (Å²) in [6.07, 6.45) is -27.9. The standard InChI is InChI=1S/8C12H14ClNO/c8*13-10-6-2-1-5-9(10)12(14)8-4-3-7-11(12)15/h8*1-2,5-6H,3-4,7-8,14H2/i3D2,4D2,7D2;4D2,7D2;3D2,7D2;3D2,4D2;8D2;7D2;4D2;3D2. The van der Waals surface area contributed by atoms with Crippen LogP contribution in [-0.2, 0) is 82.7 Å². The van der Waals surface area contributed by atoms with Gasteiger partial charge in [0.2, 0.25) is 0 Å². The van der Waals surface area contributed by atoms with E-state index in [0.717, 1.165) is 0 Å². The van der Waals surface area contributed by atoms with Crippen molar-refractivity contribution in [1.29, 1.82) is 0 Å². The number of hydrogen-bond donors (Lipinski definition) is 8. The molecule has 0 amide bonds. The van der Waals surface area contributed by atoms with E-state index in [2.05, 4.69) is 0 Å². The van der Waals surface area contributed by atoms with Gasteiger partial charge in [-0.25, -0.2) is 0 Å². The van der Waals surface area contributed by atoms with Gasteiger partial charge in [-0.15, -0.1) is 0 Å². The Morgan fingerprint density at radius 2 is 0.442 bits per heavy atom. The Balaban J connectivity index is 0.000000186. The highest BCUT2D eigenvalue weighted by atomic mass is 35.5. The van der Waals surface area contributed by atoms with Crippen LogP contribution in [0.25, 0.3) is 0 Å². The van der Waals surface area contributed by atoms with E-state index >= 15 is 0 Å². The smallest absolute Gasteiger partial charge is 0.157 e. The van der Waals surface area contributed by atoms with E-state index in [0.29, 0.717) is 85.6 Å². The number of nitrogens with two attached hydrogens (primary N) is 8. The van der Waals surface area contributed by atoms with Crippen molar-refractivity contribution in [2.24, 2.45) is 45.9 Å². The van der Waals surface area contributed by atoms with Crippen LogP contribution in [0, 0.1) is 0 Å². The summed E-state index contributed by atoms with van der Waals surface area (Å²) in [7, 11) is 0. The zero-order valence-electron chi connectivity index (χ0n) is 91.3. The quantitative estimate of drug-likeness (QED) is 0.0701. The van der Waals surface area contributed by atoms with Gasteiger partial charge in [0, 0.05) is 127 Å². The maximum atomic E-state index is 12.5. The predicted octanol–water partition coefficient (Wildman–Crippen LogP) is 21.1. The molecule has 0 heterocycles. The van der Waals surface area contributed by atoms with Crippen LogP contribution in [0.15, 0.2) is 194 Å². The average molecular weight is 1820 g/mol. The SMILES string of the molecule is [2H]C1([2H])CC(=O)C(N)(c2ccccc2Cl)CC1([2H])[2H].[2H]C1([2H])CC(N)(c2ccccc2Cl)C(=O)C([2H])([2H])C1([2H])[2H].[2H]C1([2H])CC([2H])([2H])C(=O)C(N)(c2ccccc2Cl)C1.[2H]C1([2H])CCC(=O)C(N)(c2ccccc2Cl)C1.[2H]C1([2H])CCC(N)(c2ccccc2Cl)C(=O)C1.[2H]C1([2H])CCC(N)(c2ccccc2Cl)C(=O)C1([2H])[2H].[2H]C1([2H])CCCC(=O)C1(N)c1ccccc1Cl.[2H]C1([2H])CCCC(N)(c2ccccc2Cl)C1=O. The summed E-state index contributed by atoms with van der Waals surface area (Å²) in [6, 6.07) is 53.0. The largest absolute Gasteiger partial charge is 0.315 e. The number of rotatable bonds is 8. The van der Waals surface area contributed by atoms with Crippen molar-refractivity contribution in [3.05, 3.63) is 279 Å². The molecule has 640 valence electrons. The molecule has 8 unspecified atom stereocenters. The molecule has 8 aromatic carbocycles. The molecular formula is C96H112Cl8N8O8. The molecule has 8 aromatic rings. The van der Waals surface area contributed by atoms with Crippen molar-refractivity contribution in [2.75, 3.05) is 0 Å². The van der Waals surface area contributed by atoms with Crippen LogP contribution < -0.4 is 45.9 Å². The van der Waals surface area contributed by atoms with Crippen molar-refractivity contribution < 1.29 is 74.0 Å². The molecule has 16 nitrogen and oxygen atoms in total. The molecule has 24 heteroatoms. The Hall–Kier alpha value is -6.88. The Labute approximate surface area is 782 Å². The summed E-state index contributed by atoms with van der Waals surface area (Å²) in [4.78, 5) is 97.6. The second-order valence-electron chi connectivity index (χ2n) is 29.3. The van der Waals surface area contributed by atoms with Gasteiger partial charge in [-0.05, 0) is 196 Å². The number of ketones is 8. The third kappa shape index (κ3) is 23.2. The minimum Gasteiger partial charge on any atom is -0.315 e. The number of benzene rings is 8. The molecule has 0 spiro atoms. The molecule has 8 aliphatic carbocycles. The van der Waals surface area contributed by atoms with Crippen molar-refractivity contribution >= 4 is 139 Å². The first-order valence-electron chi connectivity index (χ1n) is 51.3. The first-order valence-corrected chi connectivity index (χ1v) is 41.3. The van der Waals surface area contributed by atoms with Gasteiger partial charge < -0.3 is 45.9 Å². The van der Waals surface area contributed by atoms with Crippen LogP contribution in [0.4, 0.5) is 0 Å². The van der Waals surface area contributed by atoms with Gasteiger partial charge in [-0.3, -0.25) is 38.4 Å². The molecule has 0 aromatic heterocycles. The van der Waals surface area contributed by atoms with E-state index in [4.69, 9.17) is 174 Å². The molecule has 8 aliphatic rings. The first kappa shape index (κ1) is 65.7. The van der Waals surface area contributed by atoms with Crippen LogP contribution >= 0.6 is 92.8 Å². The number of hydrogen-bond acceptors (Lipinski definition) is 16. The highest BCUT2D eigenvalue weighted by molar-refractivity contribution is 6.34. The Bertz CT molecular complexity index is 6170. The van der Waals surface area contributed by atoms with Gasteiger partial charge in [0.1, 0.15) is 44.3 Å². The van der Waals surface area contributed by atoms with E-state index in [1.165, 1.54) is 18.2 Å². The van der Waals surface area contributed by atoms with Gasteiger partial charge in [0.25, 0.3) is 0 Å². The van der Waals surface area contributed by atoms with Crippen molar-refractivity contribution in [1.82, 2.24) is 0 Å². The first-order chi connectivity index (χ1) is 66.7. The number of Topliss-reactive ketones (excluding diaryl/α,β-unsaturated/α-hetero) is 8. The molecule has 0 saturated heterocycles. The van der Waals surface area contributed by atoms with Crippen molar-refractivity contribution in [2.45, 2.75) is 249 Å². The second-order valence-corrected chi connectivity index (χ2v) is 32.5. The lowest BCUT2D eigenvalue weighted by Crippen LogP contribution is -2.47. The van der Waals surface area contributed by atoms with Gasteiger partial charge >= 0.3 is 0 Å². The number of carbonyl (C=O) groups excluding carboxylic acids is 8. The van der Waals surface area contributed by atoms with Crippen LogP contribution in [0.5, 0.6) is 0 Å². The molecule has 0 radical (unpaired) electrons. The molecule has 120 heavy (non-hydrogen) atoms. The minimum atomic E-state index is -3.07. The second kappa shape index (κ2) is 44.1. The molecule has 8 fully saturated rings. The maximum absolute atomic E-state index is 12.5. The fourth-order valence-electron chi connectivity index (χ4n) is 14.1. The summed E-state index contributed by atoms with van der Waals surface area (Å²) >= 11 is 48.3. The highest BCUT2D eigenvalue weighted by Crippen LogP contribution is 2.44. The lowest BCUT2D eigenvalue weighted by Gasteiger charge is -2.32. The van der Waals surface area contributed by atoms with Crippen LogP contribution in [-0.4, -0.2) is 46.3 Å². The van der Waals surface area contributed by atoms with Crippen LogP contribution in [0.2, 0.25) is 40.2 Å². The van der Waals surface area contributed by atoms with Gasteiger partial charge in [0.05, 0.1) is 0 Å². The molecule has 0 bridgehead atoms. The third-order valence-corrected chi connectivity index (χ3v) is 23.9. The van der Waals surface area contributed by atoms with Gasteiger partial charge in [-0.2, -0.15) is 0 Å². The summed E-state index contributed by atoms with van der Waals surface area (Å²) < 4.78 is 201. The van der Waals surface area contributed by atoms with E-state index in [-0.39, 0.29) is 113 Å².